The zero-order valence-corrected chi connectivity index (χ0v) is 12.9. The summed E-state index contributed by atoms with van der Waals surface area (Å²) in [5.41, 5.74) is 1.64. The standard InChI is InChI=1S/C17H18N6/c1-2-11-19-16-21-15(14-10-6-7-12-18-14)22-17(23-16)20-13-8-4-3-5-9-13/h3-10,12H,2,11H2,1H3,(H2,19,20,21,22,23). The molecule has 3 aromatic rings. The molecule has 2 aromatic heterocycles. The van der Waals surface area contributed by atoms with Crippen LogP contribution in [0.5, 0.6) is 0 Å². The van der Waals surface area contributed by atoms with Gasteiger partial charge in [0.1, 0.15) is 5.69 Å². The quantitative estimate of drug-likeness (QED) is 0.726. The lowest BCUT2D eigenvalue weighted by molar-refractivity contribution is 0.941. The van der Waals surface area contributed by atoms with Gasteiger partial charge in [-0.05, 0) is 30.7 Å². The Morgan fingerprint density at radius 1 is 0.870 bits per heavy atom. The fourth-order valence-corrected chi connectivity index (χ4v) is 2.01. The van der Waals surface area contributed by atoms with Gasteiger partial charge in [-0.2, -0.15) is 15.0 Å². The van der Waals surface area contributed by atoms with Crippen molar-refractivity contribution >= 4 is 17.6 Å². The van der Waals surface area contributed by atoms with Crippen LogP contribution in [0, 0.1) is 0 Å². The topological polar surface area (TPSA) is 75.6 Å². The van der Waals surface area contributed by atoms with Gasteiger partial charge in [0.2, 0.25) is 11.9 Å². The maximum atomic E-state index is 4.47. The van der Waals surface area contributed by atoms with E-state index in [1.54, 1.807) is 6.20 Å². The summed E-state index contributed by atoms with van der Waals surface area (Å²) in [6.45, 7) is 2.90. The second-order valence-corrected chi connectivity index (χ2v) is 4.94. The predicted molar refractivity (Wildman–Crippen MR) is 91.6 cm³/mol. The van der Waals surface area contributed by atoms with Crippen molar-refractivity contribution in [3.8, 4) is 11.5 Å². The van der Waals surface area contributed by atoms with E-state index >= 15 is 0 Å². The average Bonchev–Trinajstić information content (AvgIpc) is 2.61. The molecule has 1 aromatic carbocycles. The minimum absolute atomic E-state index is 0.491. The number of pyridine rings is 1. The van der Waals surface area contributed by atoms with Crippen LogP contribution >= 0.6 is 0 Å². The first-order chi connectivity index (χ1) is 11.3. The van der Waals surface area contributed by atoms with Gasteiger partial charge in [0.25, 0.3) is 0 Å². The number of hydrogen-bond donors (Lipinski definition) is 2. The molecule has 6 nitrogen and oxygen atoms in total. The number of nitrogens with zero attached hydrogens (tertiary/aromatic N) is 4. The molecule has 0 radical (unpaired) electrons. The highest BCUT2D eigenvalue weighted by Crippen LogP contribution is 2.18. The number of hydrogen-bond acceptors (Lipinski definition) is 6. The third kappa shape index (κ3) is 4.00. The first-order valence-electron chi connectivity index (χ1n) is 7.58. The second-order valence-electron chi connectivity index (χ2n) is 4.94. The van der Waals surface area contributed by atoms with E-state index in [0.29, 0.717) is 23.4 Å². The van der Waals surface area contributed by atoms with Gasteiger partial charge >= 0.3 is 0 Å². The zero-order chi connectivity index (χ0) is 15.9. The van der Waals surface area contributed by atoms with E-state index in [1.165, 1.54) is 0 Å². The highest BCUT2D eigenvalue weighted by Gasteiger charge is 2.09. The summed E-state index contributed by atoms with van der Waals surface area (Å²) in [6, 6.07) is 15.5. The summed E-state index contributed by atoms with van der Waals surface area (Å²) in [6.07, 6.45) is 2.72. The van der Waals surface area contributed by atoms with E-state index in [2.05, 4.69) is 37.5 Å². The summed E-state index contributed by atoms with van der Waals surface area (Å²) in [4.78, 5) is 17.6. The van der Waals surface area contributed by atoms with Crippen LogP contribution in [0.1, 0.15) is 13.3 Å². The number of rotatable bonds is 6. The summed E-state index contributed by atoms with van der Waals surface area (Å²) >= 11 is 0. The Morgan fingerprint density at radius 3 is 2.39 bits per heavy atom. The number of para-hydroxylation sites is 1. The van der Waals surface area contributed by atoms with Crippen molar-refractivity contribution in [1.82, 2.24) is 19.9 Å². The van der Waals surface area contributed by atoms with Crippen molar-refractivity contribution in [3.05, 3.63) is 54.7 Å². The van der Waals surface area contributed by atoms with Gasteiger partial charge < -0.3 is 10.6 Å². The van der Waals surface area contributed by atoms with Crippen LogP contribution in [0.2, 0.25) is 0 Å². The van der Waals surface area contributed by atoms with Gasteiger partial charge in [-0.15, -0.1) is 0 Å². The summed E-state index contributed by atoms with van der Waals surface area (Å²) < 4.78 is 0. The third-order valence-corrected chi connectivity index (χ3v) is 3.09. The fourth-order valence-electron chi connectivity index (χ4n) is 2.01. The van der Waals surface area contributed by atoms with Crippen molar-refractivity contribution in [1.29, 1.82) is 0 Å². The normalized spacial score (nSPS) is 10.3. The molecule has 0 aliphatic heterocycles. The molecule has 0 unspecified atom stereocenters. The minimum atomic E-state index is 0.491. The van der Waals surface area contributed by atoms with Crippen molar-refractivity contribution in [2.75, 3.05) is 17.2 Å². The van der Waals surface area contributed by atoms with Crippen LogP contribution in [0.4, 0.5) is 17.6 Å². The summed E-state index contributed by atoms with van der Waals surface area (Å²) in [5, 5.41) is 6.40. The molecular formula is C17H18N6. The molecule has 0 spiro atoms. The molecule has 0 saturated carbocycles. The van der Waals surface area contributed by atoms with E-state index in [-0.39, 0.29) is 0 Å². The SMILES string of the molecule is CCCNc1nc(Nc2ccccc2)nc(-c2ccccn2)n1. The van der Waals surface area contributed by atoms with Gasteiger partial charge in [0.05, 0.1) is 0 Å². The van der Waals surface area contributed by atoms with Crippen LogP contribution < -0.4 is 10.6 Å². The molecule has 2 heterocycles. The van der Waals surface area contributed by atoms with E-state index in [1.807, 2.05) is 48.5 Å². The molecule has 0 fully saturated rings. The highest BCUT2D eigenvalue weighted by molar-refractivity contribution is 5.58. The van der Waals surface area contributed by atoms with Crippen LogP contribution in [-0.4, -0.2) is 26.5 Å². The monoisotopic (exact) mass is 306 g/mol. The predicted octanol–water partition coefficient (Wildman–Crippen LogP) is 3.50. The molecule has 0 saturated heterocycles. The molecule has 6 heteroatoms. The number of benzene rings is 1. The van der Waals surface area contributed by atoms with E-state index in [4.69, 9.17) is 0 Å². The lowest BCUT2D eigenvalue weighted by atomic mass is 10.3. The fraction of sp³-hybridized carbons (Fsp3) is 0.176. The number of anilines is 3. The summed E-state index contributed by atoms with van der Waals surface area (Å²) in [7, 11) is 0. The van der Waals surface area contributed by atoms with Crippen LogP contribution in [0.15, 0.2) is 54.7 Å². The maximum absolute atomic E-state index is 4.47. The van der Waals surface area contributed by atoms with Crippen LogP contribution in [-0.2, 0) is 0 Å². The Bertz CT molecular complexity index is 746. The Kier molecular flexibility index (Phi) is 4.73. The molecule has 0 aliphatic rings. The molecule has 0 amide bonds. The molecule has 3 rings (SSSR count). The number of nitrogens with one attached hydrogen (secondary N) is 2. The highest BCUT2D eigenvalue weighted by atomic mass is 15.2. The van der Waals surface area contributed by atoms with Gasteiger partial charge in [0.15, 0.2) is 5.82 Å². The smallest absolute Gasteiger partial charge is 0.232 e. The van der Waals surface area contributed by atoms with Crippen molar-refractivity contribution < 1.29 is 0 Å². The number of aromatic nitrogens is 4. The molecule has 2 N–H and O–H groups in total. The second kappa shape index (κ2) is 7.31. The van der Waals surface area contributed by atoms with Gasteiger partial charge in [-0.3, -0.25) is 4.98 Å². The van der Waals surface area contributed by atoms with Gasteiger partial charge in [-0.25, -0.2) is 0 Å². The molecule has 0 atom stereocenters. The average molecular weight is 306 g/mol. The van der Waals surface area contributed by atoms with Crippen LogP contribution in [0.25, 0.3) is 11.5 Å². The first kappa shape index (κ1) is 14.9. The third-order valence-electron chi connectivity index (χ3n) is 3.09. The Balaban J connectivity index is 1.94. The molecular weight excluding hydrogens is 288 g/mol. The Hall–Kier alpha value is -3.02. The van der Waals surface area contributed by atoms with Gasteiger partial charge in [-0.1, -0.05) is 31.2 Å². The molecule has 0 bridgehead atoms. The molecule has 23 heavy (non-hydrogen) atoms. The Labute approximate surface area is 135 Å². The van der Waals surface area contributed by atoms with E-state index in [0.717, 1.165) is 18.7 Å². The molecule has 0 aliphatic carbocycles. The van der Waals surface area contributed by atoms with Crippen LogP contribution in [0.3, 0.4) is 0 Å². The van der Waals surface area contributed by atoms with E-state index in [9.17, 15) is 0 Å². The van der Waals surface area contributed by atoms with Crippen molar-refractivity contribution in [2.24, 2.45) is 0 Å². The first-order valence-corrected chi connectivity index (χ1v) is 7.58. The Morgan fingerprint density at radius 2 is 1.65 bits per heavy atom. The van der Waals surface area contributed by atoms with E-state index < -0.39 is 0 Å². The largest absolute Gasteiger partial charge is 0.354 e. The summed E-state index contributed by atoms with van der Waals surface area (Å²) in [5.74, 6) is 1.57. The lowest BCUT2D eigenvalue weighted by Gasteiger charge is -2.09. The van der Waals surface area contributed by atoms with Gasteiger partial charge in [0, 0.05) is 18.4 Å². The minimum Gasteiger partial charge on any atom is -0.354 e. The maximum Gasteiger partial charge on any atom is 0.232 e. The lowest BCUT2D eigenvalue weighted by Crippen LogP contribution is -2.09. The van der Waals surface area contributed by atoms with Crippen molar-refractivity contribution in [2.45, 2.75) is 13.3 Å². The molecule has 116 valence electrons. The van der Waals surface area contributed by atoms with Crippen molar-refractivity contribution in [3.63, 3.8) is 0 Å². The zero-order valence-electron chi connectivity index (χ0n) is 12.9.